The van der Waals surface area contributed by atoms with Crippen LogP contribution in [0.4, 0.5) is 26.3 Å². The summed E-state index contributed by atoms with van der Waals surface area (Å²) in [4.78, 5) is 0. The lowest BCUT2D eigenvalue weighted by atomic mass is 10.0. The minimum Gasteiger partial charge on any atom is -0.490 e. The Balaban J connectivity index is 1.85. The minimum absolute atomic E-state index is 0.0641. The molecule has 0 aromatic heterocycles. The van der Waals surface area contributed by atoms with E-state index in [-0.39, 0.29) is 22.6 Å². The lowest BCUT2D eigenvalue weighted by Crippen LogP contribution is -2.21. The summed E-state index contributed by atoms with van der Waals surface area (Å²) in [5.74, 6) is -2.45. The van der Waals surface area contributed by atoms with Crippen LogP contribution in [0.2, 0.25) is 0 Å². The zero-order chi connectivity index (χ0) is 22.6. The molecule has 3 rings (SSSR count). The molecule has 0 aliphatic rings. The van der Waals surface area contributed by atoms with Crippen LogP contribution in [0.25, 0.3) is 16.8 Å². The second kappa shape index (κ2) is 9.16. The number of hydrogen-bond acceptors (Lipinski definition) is 2. The maximum Gasteiger partial charge on any atom is 0.426 e. The monoisotopic (exact) mass is 438 g/mol. The number of halogens is 6. The Labute approximate surface area is 174 Å². The van der Waals surface area contributed by atoms with Crippen molar-refractivity contribution in [3.8, 4) is 11.5 Å². The third-order valence-corrected chi connectivity index (χ3v) is 4.31. The van der Waals surface area contributed by atoms with Gasteiger partial charge in [0, 0.05) is 11.5 Å². The lowest BCUT2D eigenvalue weighted by molar-refractivity contribution is -0.185. The van der Waals surface area contributed by atoms with Gasteiger partial charge >= 0.3 is 6.11 Å². The van der Waals surface area contributed by atoms with Crippen LogP contribution >= 0.6 is 0 Å². The molecule has 0 fully saturated rings. The molecule has 3 aromatic carbocycles. The van der Waals surface area contributed by atoms with Gasteiger partial charge in [-0.2, -0.15) is 17.6 Å². The van der Waals surface area contributed by atoms with Crippen molar-refractivity contribution in [2.75, 3.05) is 6.61 Å². The van der Waals surface area contributed by atoms with Crippen molar-refractivity contribution in [2.24, 2.45) is 0 Å². The molecule has 162 valence electrons. The van der Waals surface area contributed by atoms with Gasteiger partial charge in [-0.1, -0.05) is 12.2 Å². The van der Waals surface area contributed by atoms with Crippen LogP contribution in [0.3, 0.4) is 0 Å². The molecule has 0 aliphatic heterocycles. The highest BCUT2D eigenvalue weighted by Gasteiger charge is 2.34. The average Bonchev–Trinajstić information content (AvgIpc) is 2.71. The Hall–Kier alpha value is -3.42. The van der Waals surface area contributed by atoms with E-state index in [1.54, 1.807) is 12.2 Å². The Morgan fingerprint density at radius 2 is 1.65 bits per heavy atom. The van der Waals surface area contributed by atoms with Crippen molar-refractivity contribution >= 4 is 16.8 Å². The van der Waals surface area contributed by atoms with Crippen LogP contribution in [0.15, 0.2) is 66.8 Å². The molecule has 2 nitrogen and oxygen atoms in total. The van der Waals surface area contributed by atoms with Gasteiger partial charge < -0.3 is 9.47 Å². The summed E-state index contributed by atoms with van der Waals surface area (Å²) in [5, 5.41) is -0.334. The van der Waals surface area contributed by atoms with Crippen LogP contribution in [0.5, 0.6) is 11.5 Å². The quantitative estimate of drug-likeness (QED) is 0.282. The van der Waals surface area contributed by atoms with E-state index in [9.17, 15) is 26.3 Å². The van der Waals surface area contributed by atoms with E-state index < -0.39 is 35.0 Å². The molecule has 3 aromatic rings. The van der Waals surface area contributed by atoms with Gasteiger partial charge in [0.1, 0.15) is 29.7 Å². The molecule has 0 saturated carbocycles. The molecule has 31 heavy (non-hydrogen) atoms. The van der Waals surface area contributed by atoms with E-state index >= 15 is 0 Å². The molecule has 0 atom stereocenters. The first kappa shape index (κ1) is 22.3. The highest BCUT2D eigenvalue weighted by molar-refractivity contribution is 5.87. The number of fused-ring (bicyclic) bond motifs is 1. The topological polar surface area (TPSA) is 18.5 Å². The number of allylic oxidation sites excluding steroid dienone is 1. The van der Waals surface area contributed by atoms with Gasteiger partial charge in [-0.05, 0) is 60.8 Å². The van der Waals surface area contributed by atoms with Gasteiger partial charge in [-0.15, -0.1) is 0 Å². The molecule has 0 aliphatic carbocycles. The van der Waals surface area contributed by atoms with Crippen molar-refractivity contribution in [1.82, 2.24) is 0 Å². The minimum atomic E-state index is -3.74. The predicted octanol–water partition coefficient (Wildman–Crippen LogP) is 7.44. The Morgan fingerprint density at radius 1 is 0.968 bits per heavy atom. The molecule has 0 radical (unpaired) electrons. The second-order valence-corrected chi connectivity index (χ2v) is 6.43. The summed E-state index contributed by atoms with van der Waals surface area (Å²) < 4.78 is 92.3. The fourth-order valence-corrected chi connectivity index (χ4v) is 2.82. The van der Waals surface area contributed by atoms with E-state index in [1.807, 2.05) is 6.92 Å². The first-order chi connectivity index (χ1) is 14.7. The summed E-state index contributed by atoms with van der Waals surface area (Å²) >= 11 is 0. The van der Waals surface area contributed by atoms with Gasteiger partial charge in [0.05, 0.1) is 11.1 Å². The second-order valence-electron chi connectivity index (χ2n) is 6.43. The molecule has 0 bridgehead atoms. The third kappa shape index (κ3) is 5.20. The normalized spacial score (nSPS) is 11.7. The van der Waals surface area contributed by atoms with Gasteiger partial charge in [0.15, 0.2) is 0 Å². The molecule has 0 heterocycles. The molecule has 0 amide bonds. The first-order valence-corrected chi connectivity index (χ1v) is 9.07. The molecular weight excluding hydrogens is 422 g/mol. The highest BCUT2D eigenvalue weighted by Crippen LogP contribution is 2.35. The molecular formula is C23H16F6O2. The Bertz CT molecular complexity index is 1130. The van der Waals surface area contributed by atoms with Gasteiger partial charge in [0.25, 0.3) is 6.08 Å². The number of benzene rings is 3. The SMILES string of the molecule is CC=CCOc1ccc(C(F)(F)Oc2ccc3c(F)c(C=C(F)F)c(F)cc3c2)cc1. The maximum atomic E-state index is 14.5. The Morgan fingerprint density at radius 3 is 2.29 bits per heavy atom. The third-order valence-electron chi connectivity index (χ3n) is 4.31. The zero-order valence-corrected chi connectivity index (χ0v) is 16.1. The van der Waals surface area contributed by atoms with Crippen molar-refractivity contribution in [3.05, 3.63) is 89.5 Å². The molecule has 0 unspecified atom stereocenters. The summed E-state index contributed by atoms with van der Waals surface area (Å²) in [6.45, 7) is 2.11. The van der Waals surface area contributed by atoms with Crippen LogP contribution < -0.4 is 9.47 Å². The van der Waals surface area contributed by atoms with Crippen molar-refractivity contribution in [1.29, 1.82) is 0 Å². The Kier molecular flexibility index (Phi) is 6.58. The first-order valence-electron chi connectivity index (χ1n) is 9.07. The lowest BCUT2D eigenvalue weighted by Gasteiger charge is -2.19. The summed E-state index contributed by atoms with van der Waals surface area (Å²) in [6, 6.07) is 8.87. The largest absolute Gasteiger partial charge is 0.490 e. The summed E-state index contributed by atoms with van der Waals surface area (Å²) in [6.07, 6.45) is -2.41. The van der Waals surface area contributed by atoms with E-state index in [4.69, 9.17) is 9.47 Å². The standard InChI is InChI=1S/C23H16F6O2/c1-2-3-10-30-16-6-4-15(5-7-16)23(28,29)31-17-8-9-18-14(11-17)12-20(24)19(22(18)27)13-21(25)26/h2-9,11-13H,10H2,1H3. The van der Waals surface area contributed by atoms with Gasteiger partial charge in [-0.3, -0.25) is 0 Å². The van der Waals surface area contributed by atoms with Crippen LogP contribution in [0.1, 0.15) is 18.1 Å². The van der Waals surface area contributed by atoms with Crippen LogP contribution in [-0.4, -0.2) is 6.61 Å². The van der Waals surface area contributed by atoms with Crippen LogP contribution in [-0.2, 0) is 6.11 Å². The maximum absolute atomic E-state index is 14.5. The van der Waals surface area contributed by atoms with E-state index in [0.717, 1.165) is 36.4 Å². The number of hydrogen-bond donors (Lipinski definition) is 0. The van der Waals surface area contributed by atoms with Crippen LogP contribution in [0, 0.1) is 11.6 Å². The molecule has 8 heteroatoms. The fraction of sp³-hybridized carbons (Fsp3) is 0.130. The summed E-state index contributed by atoms with van der Waals surface area (Å²) in [7, 11) is 0. The van der Waals surface area contributed by atoms with E-state index in [0.29, 0.717) is 12.4 Å². The van der Waals surface area contributed by atoms with E-state index in [2.05, 4.69) is 0 Å². The predicted molar refractivity (Wildman–Crippen MR) is 105 cm³/mol. The molecule has 0 saturated heterocycles. The van der Waals surface area contributed by atoms with Gasteiger partial charge in [0.2, 0.25) is 0 Å². The fourth-order valence-electron chi connectivity index (χ4n) is 2.82. The van der Waals surface area contributed by atoms with Crippen molar-refractivity contribution in [2.45, 2.75) is 13.0 Å². The number of rotatable bonds is 7. The van der Waals surface area contributed by atoms with Crippen molar-refractivity contribution < 1.29 is 35.8 Å². The van der Waals surface area contributed by atoms with Crippen molar-refractivity contribution in [3.63, 3.8) is 0 Å². The average molecular weight is 438 g/mol. The van der Waals surface area contributed by atoms with Gasteiger partial charge in [-0.25, -0.2) is 8.78 Å². The van der Waals surface area contributed by atoms with E-state index in [1.165, 1.54) is 12.1 Å². The summed E-state index contributed by atoms with van der Waals surface area (Å²) in [5.41, 5.74) is -1.37. The highest BCUT2D eigenvalue weighted by atomic mass is 19.3. The number of ether oxygens (including phenoxy) is 2. The number of alkyl halides is 2. The molecule has 0 N–H and O–H groups in total. The smallest absolute Gasteiger partial charge is 0.426 e. The molecule has 0 spiro atoms. The zero-order valence-electron chi connectivity index (χ0n) is 16.1.